The predicted octanol–water partition coefficient (Wildman–Crippen LogP) is 5.39. The van der Waals surface area contributed by atoms with Crippen LogP contribution in [0.4, 0.5) is 0 Å². The maximum atomic E-state index is 14.9. The van der Waals surface area contributed by atoms with Gasteiger partial charge in [0.1, 0.15) is 0 Å². The third-order valence-electron chi connectivity index (χ3n) is 11.9. The summed E-state index contributed by atoms with van der Waals surface area (Å²) < 4.78 is 154. The van der Waals surface area contributed by atoms with Crippen LogP contribution in [0.5, 0.6) is 0 Å². The van der Waals surface area contributed by atoms with Crippen LogP contribution in [0, 0.1) is 34.6 Å². The predicted molar refractivity (Wildman–Crippen MR) is 254 cm³/mol. The first-order chi connectivity index (χ1) is 31.0. The summed E-state index contributed by atoms with van der Waals surface area (Å²) in [4.78, 5) is -0.401. The molecular formula is C46H57N5O10S5. The highest BCUT2D eigenvalue weighted by molar-refractivity contribution is 7.90. The quantitative estimate of drug-likeness (QED) is 0.176. The van der Waals surface area contributed by atoms with E-state index < -0.39 is 115 Å². The second-order valence-corrected chi connectivity index (χ2v) is 25.9. The van der Waals surface area contributed by atoms with Crippen molar-refractivity contribution in [3.05, 3.63) is 149 Å². The largest absolute Gasteiger partial charge is 0.243 e. The van der Waals surface area contributed by atoms with Crippen molar-refractivity contribution in [1.29, 1.82) is 0 Å². The summed E-state index contributed by atoms with van der Waals surface area (Å²) >= 11 is 0. The Bertz CT molecular complexity index is 3130. The Hall–Kier alpha value is -4.35. The van der Waals surface area contributed by atoms with Crippen LogP contribution in [-0.4, -0.2) is 129 Å². The van der Waals surface area contributed by atoms with Crippen LogP contribution < -0.4 is 0 Å². The third kappa shape index (κ3) is 10.7. The fraction of sp³-hybridized carbons (Fsp3) is 0.348. The summed E-state index contributed by atoms with van der Waals surface area (Å²) in [5.74, 6) is 0. The van der Waals surface area contributed by atoms with Gasteiger partial charge in [0.05, 0.1) is 24.5 Å². The van der Waals surface area contributed by atoms with Gasteiger partial charge in [-0.2, -0.15) is 21.5 Å². The van der Waals surface area contributed by atoms with Gasteiger partial charge in [-0.1, -0.05) is 91.0 Å². The molecule has 0 bridgehead atoms. The van der Waals surface area contributed by atoms with Gasteiger partial charge in [-0.25, -0.2) is 42.1 Å². The van der Waals surface area contributed by atoms with Gasteiger partial charge in [-0.15, -0.1) is 0 Å². The van der Waals surface area contributed by atoms with Crippen LogP contribution >= 0.6 is 0 Å². The molecule has 0 unspecified atom stereocenters. The van der Waals surface area contributed by atoms with Crippen molar-refractivity contribution < 1.29 is 42.1 Å². The maximum absolute atomic E-state index is 14.9. The van der Waals surface area contributed by atoms with Gasteiger partial charge in [0, 0.05) is 64.9 Å². The number of hydrogen-bond acceptors (Lipinski definition) is 10. The van der Waals surface area contributed by atoms with Crippen molar-refractivity contribution >= 4 is 50.1 Å². The average molecular weight is 1000 g/mol. The lowest BCUT2D eigenvalue weighted by atomic mass is 10.2. The fourth-order valence-electron chi connectivity index (χ4n) is 8.12. The van der Waals surface area contributed by atoms with Crippen molar-refractivity contribution in [2.24, 2.45) is 0 Å². The standard InChI is InChI=1S/C46H57N5O10S5/c1-36-17-7-12-22-42(36)62(52,53)47-27-28-48(63(54,55)43-23-13-8-18-37(43)2)31-32-50(65(58,59)45-25-15-10-20-39(45)4)35-41(6)51(66(60,61)46-26-16-11-21-40(46)5)34-33-49(30-29-47)64(56,57)44-24-14-9-19-38(44)3/h7-26,41H,27-35H2,1-6H3/t41-/m1/s1. The maximum Gasteiger partial charge on any atom is 0.243 e. The number of benzene rings is 5. The topological polar surface area (TPSA) is 187 Å². The SMILES string of the molecule is Cc1ccccc1S(=O)(=O)N1CCN(S(=O)(=O)c2ccccc2C)CCN(S(=O)(=O)c2ccccc2C)C[C@@H](C)N(S(=O)(=O)c2ccccc2C)CCN(S(=O)(=O)c2ccccc2C)CC1. The lowest BCUT2D eigenvalue weighted by Crippen LogP contribution is -2.51. The molecule has 66 heavy (non-hydrogen) atoms. The zero-order valence-corrected chi connectivity index (χ0v) is 41.9. The highest BCUT2D eigenvalue weighted by Crippen LogP contribution is 2.29. The molecule has 0 saturated carbocycles. The molecule has 6 rings (SSSR count). The van der Waals surface area contributed by atoms with Crippen molar-refractivity contribution in [2.75, 3.05) is 58.9 Å². The summed E-state index contributed by atoms with van der Waals surface area (Å²) in [5.41, 5.74) is 1.97. The smallest absolute Gasteiger partial charge is 0.207 e. The molecule has 1 heterocycles. The van der Waals surface area contributed by atoms with E-state index in [1.54, 1.807) is 126 Å². The van der Waals surface area contributed by atoms with Crippen LogP contribution in [0.15, 0.2) is 146 Å². The molecule has 1 fully saturated rings. The van der Waals surface area contributed by atoms with E-state index in [2.05, 4.69) is 0 Å². The Kier molecular flexibility index (Phi) is 15.8. The first kappa shape index (κ1) is 51.0. The molecule has 1 saturated heterocycles. The number of aryl methyl sites for hydroxylation is 5. The molecule has 1 atom stereocenters. The molecule has 1 aliphatic heterocycles. The number of nitrogens with zero attached hydrogens (tertiary/aromatic N) is 5. The monoisotopic (exact) mass is 999 g/mol. The van der Waals surface area contributed by atoms with Gasteiger partial charge in [0.2, 0.25) is 50.1 Å². The van der Waals surface area contributed by atoms with E-state index in [1.165, 1.54) is 37.3 Å². The highest BCUT2D eigenvalue weighted by Gasteiger charge is 2.39. The zero-order chi connectivity index (χ0) is 48.2. The highest BCUT2D eigenvalue weighted by atomic mass is 32.2. The summed E-state index contributed by atoms with van der Waals surface area (Å²) in [6, 6.07) is 30.0. The minimum Gasteiger partial charge on any atom is -0.207 e. The van der Waals surface area contributed by atoms with Crippen molar-refractivity contribution in [1.82, 2.24) is 21.5 Å². The molecule has 5 aromatic carbocycles. The summed E-state index contributed by atoms with van der Waals surface area (Å²) in [5, 5.41) is 0. The molecule has 20 heteroatoms. The minimum absolute atomic E-state index is 0.0793. The van der Waals surface area contributed by atoms with Crippen LogP contribution in [0.3, 0.4) is 0 Å². The van der Waals surface area contributed by atoms with Crippen LogP contribution in [0.1, 0.15) is 34.7 Å². The van der Waals surface area contributed by atoms with Gasteiger partial charge < -0.3 is 0 Å². The van der Waals surface area contributed by atoms with Gasteiger partial charge in [0.25, 0.3) is 0 Å². The average Bonchev–Trinajstić information content (AvgIpc) is 3.26. The second-order valence-electron chi connectivity index (χ2n) is 16.4. The van der Waals surface area contributed by atoms with Crippen LogP contribution in [0.2, 0.25) is 0 Å². The van der Waals surface area contributed by atoms with Gasteiger partial charge in [0.15, 0.2) is 0 Å². The first-order valence-electron chi connectivity index (χ1n) is 21.3. The molecule has 0 radical (unpaired) electrons. The van der Waals surface area contributed by atoms with Crippen LogP contribution in [0.25, 0.3) is 0 Å². The van der Waals surface area contributed by atoms with E-state index in [-0.39, 0.29) is 24.5 Å². The molecular weight excluding hydrogens is 943 g/mol. The first-order valence-corrected chi connectivity index (χ1v) is 28.5. The van der Waals surface area contributed by atoms with Crippen LogP contribution in [-0.2, 0) is 50.1 Å². The van der Waals surface area contributed by atoms with Crippen molar-refractivity contribution in [3.8, 4) is 0 Å². The fourth-order valence-corrected chi connectivity index (χ4v) is 16.6. The zero-order valence-electron chi connectivity index (χ0n) is 37.8. The molecule has 356 valence electrons. The Balaban J connectivity index is 1.59. The van der Waals surface area contributed by atoms with E-state index in [4.69, 9.17) is 0 Å². The third-order valence-corrected chi connectivity index (χ3v) is 22.2. The summed E-state index contributed by atoms with van der Waals surface area (Å²) in [6.07, 6.45) is 0. The lowest BCUT2D eigenvalue weighted by Gasteiger charge is -2.34. The number of hydrogen-bond donors (Lipinski definition) is 0. The molecule has 0 amide bonds. The summed E-state index contributed by atoms with van der Waals surface area (Å²) in [6.45, 7) is 5.37. The van der Waals surface area contributed by atoms with Crippen molar-refractivity contribution in [2.45, 2.75) is 72.1 Å². The summed E-state index contributed by atoms with van der Waals surface area (Å²) in [7, 11) is -22.4. The van der Waals surface area contributed by atoms with E-state index >= 15 is 0 Å². The molecule has 1 aliphatic rings. The molecule has 15 nitrogen and oxygen atoms in total. The van der Waals surface area contributed by atoms with E-state index in [0.717, 1.165) is 21.5 Å². The van der Waals surface area contributed by atoms with E-state index in [9.17, 15) is 42.1 Å². The Labute approximate surface area is 391 Å². The van der Waals surface area contributed by atoms with Gasteiger partial charge in [-0.05, 0) is 99.7 Å². The molecule has 0 aromatic heterocycles. The number of sulfonamides is 5. The Morgan fingerprint density at radius 3 is 0.803 bits per heavy atom. The molecule has 5 aromatic rings. The van der Waals surface area contributed by atoms with E-state index in [0.29, 0.717) is 27.8 Å². The number of rotatable bonds is 10. The lowest BCUT2D eigenvalue weighted by molar-refractivity contribution is 0.255. The second kappa shape index (κ2) is 20.5. The molecule has 0 aliphatic carbocycles. The normalized spacial score (nSPS) is 18.4. The Morgan fingerprint density at radius 2 is 0.530 bits per heavy atom. The minimum atomic E-state index is -4.51. The van der Waals surface area contributed by atoms with Gasteiger partial charge >= 0.3 is 0 Å². The Morgan fingerprint density at radius 1 is 0.318 bits per heavy atom. The molecule has 0 N–H and O–H groups in total. The van der Waals surface area contributed by atoms with E-state index in [1.807, 2.05) is 0 Å². The molecule has 0 spiro atoms. The van der Waals surface area contributed by atoms with Crippen molar-refractivity contribution in [3.63, 3.8) is 0 Å². The van der Waals surface area contributed by atoms with Gasteiger partial charge in [-0.3, -0.25) is 0 Å².